The van der Waals surface area contributed by atoms with E-state index in [4.69, 9.17) is 0 Å². The summed E-state index contributed by atoms with van der Waals surface area (Å²) >= 11 is 0. The van der Waals surface area contributed by atoms with Crippen LogP contribution in [-0.4, -0.2) is 47.1 Å². The number of nitrogens with one attached hydrogen (secondary N) is 1. The van der Waals surface area contributed by atoms with Gasteiger partial charge >= 0.3 is 0 Å². The molecule has 2 amide bonds. The van der Waals surface area contributed by atoms with E-state index in [0.717, 1.165) is 51.6 Å². The molecular formula is C23H40N2O3. The highest BCUT2D eigenvalue weighted by Gasteiger charge is 2.54. The molecule has 5 nitrogen and oxygen atoms in total. The number of aliphatic hydroxyl groups excluding tert-OH is 1. The molecule has 0 unspecified atom stereocenters. The molecule has 7 atom stereocenters. The van der Waals surface area contributed by atoms with Gasteiger partial charge in [-0.2, -0.15) is 0 Å². The molecular weight excluding hydrogens is 352 g/mol. The van der Waals surface area contributed by atoms with E-state index in [2.05, 4.69) is 19.2 Å². The van der Waals surface area contributed by atoms with Crippen molar-refractivity contribution < 1.29 is 14.7 Å². The third kappa shape index (κ3) is 3.96. The van der Waals surface area contributed by atoms with E-state index in [1.165, 1.54) is 0 Å². The zero-order chi connectivity index (χ0) is 20.6. The summed E-state index contributed by atoms with van der Waals surface area (Å²) in [5.41, 5.74) is 0.105. The Hall–Kier alpha value is -1.10. The van der Waals surface area contributed by atoms with Crippen LogP contribution in [0, 0.1) is 35.0 Å². The van der Waals surface area contributed by atoms with Crippen LogP contribution in [0.25, 0.3) is 0 Å². The number of amides is 2. The third-order valence-corrected chi connectivity index (χ3v) is 8.27. The number of fused-ring (bicyclic) bond motifs is 1. The molecule has 28 heavy (non-hydrogen) atoms. The Morgan fingerprint density at radius 2 is 1.75 bits per heavy atom. The number of hydrogen-bond acceptors (Lipinski definition) is 3. The molecule has 3 fully saturated rings. The van der Waals surface area contributed by atoms with Gasteiger partial charge in [0.25, 0.3) is 0 Å². The Morgan fingerprint density at radius 1 is 1.14 bits per heavy atom. The van der Waals surface area contributed by atoms with Crippen molar-refractivity contribution >= 4 is 11.8 Å². The van der Waals surface area contributed by atoms with Crippen LogP contribution in [0.2, 0.25) is 0 Å². The van der Waals surface area contributed by atoms with Crippen LogP contribution >= 0.6 is 0 Å². The van der Waals surface area contributed by atoms with Crippen molar-refractivity contribution in [2.45, 2.75) is 85.3 Å². The highest BCUT2D eigenvalue weighted by atomic mass is 16.3. The molecule has 0 aromatic rings. The van der Waals surface area contributed by atoms with Gasteiger partial charge < -0.3 is 15.3 Å². The van der Waals surface area contributed by atoms with E-state index >= 15 is 0 Å². The maximum atomic E-state index is 12.9. The van der Waals surface area contributed by atoms with Crippen LogP contribution in [0.15, 0.2) is 0 Å². The van der Waals surface area contributed by atoms with E-state index < -0.39 is 6.10 Å². The van der Waals surface area contributed by atoms with Gasteiger partial charge in [-0.15, -0.1) is 0 Å². The van der Waals surface area contributed by atoms with E-state index in [1.807, 2.05) is 25.7 Å². The predicted octanol–water partition coefficient (Wildman–Crippen LogP) is 3.21. The lowest BCUT2D eigenvalue weighted by molar-refractivity contribution is -0.150. The van der Waals surface area contributed by atoms with Crippen molar-refractivity contribution in [1.82, 2.24) is 10.2 Å². The quantitative estimate of drug-likeness (QED) is 0.729. The maximum Gasteiger partial charge on any atom is 0.225 e. The second-order valence-electron chi connectivity index (χ2n) is 9.96. The van der Waals surface area contributed by atoms with Crippen LogP contribution in [0.4, 0.5) is 0 Å². The molecule has 0 bridgehead atoms. The summed E-state index contributed by atoms with van der Waals surface area (Å²) in [5.74, 6) is 0.800. The summed E-state index contributed by atoms with van der Waals surface area (Å²) in [6, 6.07) is 0.147. The number of rotatable bonds is 6. The zero-order valence-corrected chi connectivity index (χ0v) is 18.4. The number of hydrogen-bond donors (Lipinski definition) is 2. The van der Waals surface area contributed by atoms with Gasteiger partial charge in [-0.25, -0.2) is 0 Å². The Morgan fingerprint density at radius 3 is 2.32 bits per heavy atom. The van der Waals surface area contributed by atoms with E-state index in [1.54, 1.807) is 0 Å². The summed E-state index contributed by atoms with van der Waals surface area (Å²) in [4.78, 5) is 27.1. The standard InChI is InChI=1S/C23H40N2O3/c1-6-25(7-2)22(28)14(3)17-10-12-23(5)13-11-18(15(4)19(23)20(17)26)24-21(27)16-8-9-16/h14-20,26H,6-13H2,1-5H3,(H,24,27)/t14-,15+,17-,18-,19+,20-,23-/m0/s1. The van der Waals surface area contributed by atoms with Crippen LogP contribution in [0.3, 0.4) is 0 Å². The normalized spacial score (nSPS) is 39.0. The summed E-state index contributed by atoms with van der Waals surface area (Å²) in [7, 11) is 0. The molecule has 2 N–H and O–H groups in total. The van der Waals surface area contributed by atoms with Gasteiger partial charge in [0.05, 0.1) is 6.10 Å². The minimum Gasteiger partial charge on any atom is -0.392 e. The molecule has 0 saturated heterocycles. The lowest BCUT2D eigenvalue weighted by atomic mass is 9.51. The van der Waals surface area contributed by atoms with Gasteiger partial charge in [0.2, 0.25) is 11.8 Å². The molecule has 0 aromatic heterocycles. The second kappa shape index (κ2) is 8.33. The number of carbonyl (C=O) groups is 2. The van der Waals surface area contributed by atoms with Crippen molar-refractivity contribution in [2.24, 2.45) is 35.0 Å². The minimum absolute atomic E-state index is 0.00603. The average molecular weight is 393 g/mol. The van der Waals surface area contributed by atoms with Gasteiger partial charge in [0, 0.05) is 31.0 Å². The fraction of sp³-hybridized carbons (Fsp3) is 0.913. The van der Waals surface area contributed by atoms with Crippen LogP contribution in [0.1, 0.15) is 73.1 Å². The minimum atomic E-state index is -0.483. The molecule has 3 aliphatic rings. The van der Waals surface area contributed by atoms with Crippen molar-refractivity contribution in [3.63, 3.8) is 0 Å². The first-order valence-corrected chi connectivity index (χ1v) is 11.5. The Kier molecular flexibility index (Phi) is 6.43. The molecule has 5 heteroatoms. The highest BCUT2D eigenvalue weighted by molar-refractivity contribution is 5.81. The molecule has 0 radical (unpaired) electrons. The van der Waals surface area contributed by atoms with Crippen LogP contribution in [-0.2, 0) is 9.59 Å². The monoisotopic (exact) mass is 392 g/mol. The molecule has 0 heterocycles. The van der Waals surface area contributed by atoms with Crippen molar-refractivity contribution in [1.29, 1.82) is 0 Å². The number of carbonyl (C=O) groups excluding carboxylic acids is 2. The summed E-state index contributed by atoms with van der Waals surface area (Å²) in [6.45, 7) is 12.0. The maximum absolute atomic E-state index is 12.9. The van der Waals surface area contributed by atoms with Gasteiger partial charge in [0.15, 0.2) is 0 Å². The summed E-state index contributed by atoms with van der Waals surface area (Å²) in [5, 5.41) is 14.7. The predicted molar refractivity (Wildman–Crippen MR) is 110 cm³/mol. The Balaban J connectivity index is 1.73. The van der Waals surface area contributed by atoms with Crippen molar-refractivity contribution in [2.75, 3.05) is 13.1 Å². The molecule has 0 spiro atoms. The molecule has 3 aliphatic carbocycles. The van der Waals surface area contributed by atoms with Crippen molar-refractivity contribution in [3.8, 4) is 0 Å². The lowest BCUT2D eigenvalue weighted by Gasteiger charge is -2.56. The fourth-order valence-electron chi connectivity index (χ4n) is 6.15. The lowest BCUT2D eigenvalue weighted by Crippen LogP contribution is -2.58. The first kappa shape index (κ1) is 21.6. The largest absolute Gasteiger partial charge is 0.392 e. The first-order valence-electron chi connectivity index (χ1n) is 11.5. The Bertz CT molecular complexity index is 586. The third-order valence-electron chi connectivity index (χ3n) is 8.27. The van der Waals surface area contributed by atoms with Crippen LogP contribution < -0.4 is 5.32 Å². The van der Waals surface area contributed by atoms with E-state index in [0.29, 0.717) is 0 Å². The molecule has 160 valence electrons. The van der Waals surface area contributed by atoms with Gasteiger partial charge in [-0.1, -0.05) is 20.8 Å². The fourth-order valence-corrected chi connectivity index (χ4v) is 6.15. The van der Waals surface area contributed by atoms with Crippen molar-refractivity contribution in [3.05, 3.63) is 0 Å². The molecule has 3 rings (SSSR count). The highest BCUT2D eigenvalue weighted by Crippen LogP contribution is 2.55. The van der Waals surface area contributed by atoms with Gasteiger partial charge in [-0.05, 0) is 75.5 Å². The second-order valence-corrected chi connectivity index (χ2v) is 9.96. The first-order chi connectivity index (χ1) is 13.2. The van der Waals surface area contributed by atoms with Gasteiger partial charge in [-0.3, -0.25) is 9.59 Å². The summed E-state index contributed by atoms with van der Waals surface area (Å²) in [6.07, 6.45) is 5.56. The topological polar surface area (TPSA) is 69.6 Å². The van der Waals surface area contributed by atoms with Gasteiger partial charge in [0.1, 0.15) is 0 Å². The smallest absolute Gasteiger partial charge is 0.225 e. The Labute approximate surface area is 170 Å². The zero-order valence-electron chi connectivity index (χ0n) is 18.4. The number of nitrogens with zero attached hydrogens (tertiary/aromatic N) is 1. The summed E-state index contributed by atoms with van der Waals surface area (Å²) < 4.78 is 0. The molecule has 0 aromatic carbocycles. The van der Waals surface area contributed by atoms with E-state index in [9.17, 15) is 14.7 Å². The average Bonchev–Trinajstić information content (AvgIpc) is 3.50. The van der Waals surface area contributed by atoms with Crippen LogP contribution in [0.5, 0.6) is 0 Å². The SMILES string of the molecule is CCN(CC)C(=O)[C@@H](C)[C@@H]1CC[C@@]2(C)CC[C@H](NC(=O)C3CC3)[C@@H](C)[C@@H]2[C@H]1O. The number of aliphatic hydroxyl groups is 1. The molecule has 3 saturated carbocycles. The van der Waals surface area contributed by atoms with E-state index in [-0.39, 0.29) is 52.9 Å². The molecule has 0 aliphatic heterocycles.